The molecule has 2 heterocycles. The lowest BCUT2D eigenvalue weighted by molar-refractivity contribution is -0.149. The molecule has 0 aliphatic rings. The zero-order chi connectivity index (χ0) is 20.1. The first-order chi connectivity index (χ1) is 13.5. The van der Waals surface area contributed by atoms with Gasteiger partial charge in [0.15, 0.2) is 6.10 Å². The van der Waals surface area contributed by atoms with E-state index < -0.39 is 12.1 Å². The number of carboxylic acid groups (broad SMARTS) is 1. The van der Waals surface area contributed by atoms with Crippen molar-refractivity contribution in [2.45, 2.75) is 39.9 Å². The molecule has 2 aromatic heterocycles. The van der Waals surface area contributed by atoms with E-state index in [1.165, 1.54) is 0 Å². The Balaban J connectivity index is 1.66. The van der Waals surface area contributed by atoms with Crippen LogP contribution >= 0.6 is 11.3 Å². The fourth-order valence-electron chi connectivity index (χ4n) is 2.82. The molecule has 0 amide bonds. The van der Waals surface area contributed by atoms with Crippen LogP contribution < -0.4 is 4.74 Å². The molecule has 0 bridgehead atoms. The third-order valence-electron chi connectivity index (χ3n) is 4.36. The molecule has 0 fully saturated rings. The Morgan fingerprint density at radius 2 is 2.14 bits per heavy atom. The molecule has 3 aromatic rings. The number of carboxylic acids is 1. The van der Waals surface area contributed by atoms with Gasteiger partial charge in [-0.3, -0.25) is 0 Å². The van der Waals surface area contributed by atoms with Crippen LogP contribution in [0.4, 0.5) is 0 Å². The van der Waals surface area contributed by atoms with E-state index in [9.17, 15) is 9.90 Å². The molecule has 7 heteroatoms. The van der Waals surface area contributed by atoms with Gasteiger partial charge in [0.1, 0.15) is 23.8 Å². The van der Waals surface area contributed by atoms with Crippen LogP contribution in [-0.2, 0) is 22.6 Å². The summed E-state index contributed by atoms with van der Waals surface area (Å²) in [5, 5.41) is 11.2. The third kappa shape index (κ3) is 4.79. The molecule has 0 saturated carbocycles. The summed E-state index contributed by atoms with van der Waals surface area (Å²) in [6.45, 7) is 6.26. The topological polar surface area (TPSA) is 81.8 Å². The standard InChI is InChI=1S/C21H23NO5S/c1-4-25-18(21(23)24)11-15-7-8-16(10-13(15)2)26-12-17-14(3)27-20(22-17)19-6-5-9-28-19/h5-10,18H,4,11-12H2,1-3H3,(H,23,24). The minimum atomic E-state index is -0.954. The normalized spacial score (nSPS) is 12.1. The molecule has 0 aliphatic carbocycles. The summed E-state index contributed by atoms with van der Waals surface area (Å²) in [7, 11) is 0. The molecule has 148 valence electrons. The first kappa shape index (κ1) is 20.1. The second-order valence-electron chi connectivity index (χ2n) is 6.36. The van der Waals surface area contributed by atoms with Gasteiger partial charge in [0, 0.05) is 13.0 Å². The Morgan fingerprint density at radius 3 is 2.79 bits per heavy atom. The Kier molecular flexibility index (Phi) is 6.49. The molecule has 6 nitrogen and oxygen atoms in total. The SMILES string of the molecule is CCOC(Cc1ccc(OCc2nc(-c3cccs3)oc2C)cc1C)C(=O)O. The van der Waals surface area contributed by atoms with Gasteiger partial charge in [-0.1, -0.05) is 12.1 Å². The number of nitrogens with zero attached hydrogens (tertiary/aromatic N) is 1. The molecule has 1 N–H and O–H groups in total. The second-order valence-corrected chi connectivity index (χ2v) is 7.31. The van der Waals surface area contributed by atoms with Crippen LogP contribution in [0.1, 0.15) is 29.5 Å². The summed E-state index contributed by atoms with van der Waals surface area (Å²) in [6.07, 6.45) is -0.522. The lowest BCUT2D eigenvalue weighted by Gasteiger charge is -2.15. The Hall–Kier alpha value is -2.64. The van der Waals surface area contributed by atoms with E-state index in [-0.39, 0.29) is 0 Å². The molecule has 0 radical (unpaired) electrons. The molecule has 1 unspecified atom stereocenters. The van der Waals surface area contributed by atoms with E-state index in [2.05, 4.69) is 4.98 Å². The molecule has 28 heavy (non-hydrogen) atoms. The summed E-state index contributed by atoms with van der Waals surface area (Å²) in [6, 6.07) is 9.54. The van der Waals surface area contributed by atoms with Crippen LogP contribution in [0.2, 0.25) is 0 Å². The lowest BCUT2D eigenvalue weighted by atomic mass is 10.0. The molecule has 0 spiro atoms. The maximum atomic E-state index is 11.3. The van der Waals surface area contributed by atoms with Crippen LogP contribution in [0.3, 0.4) is 0 Å². The number of aryl methyl sites for hydroxylation is 2. The highest BCUT2D eigenvalue weighted by Gasteiger charge is 2.19. The van der Waals surface area contributed by atoms with E-state index in [1.807, 2.05) is 49.6 Å². The number of aliphatic carboxylic acids is 1. The smallest absolute Gasteiger partial charge is 0.333 e. The lowest BCUT2D eigenvalue weighted by Crippen LogP contribution is -2.26. The fourth-order valence-corrected chi connectivity index (χ4v) is 3.47. The van der Waals surface area contributed by atoms with Crippen LogP contribution in [0.15, 0.2) is 40.1 Å². The first-order valence-electron chi connectivity index (χ1n) is 9.04. The summed E-state index contributed by atoms with van der Waals surface area (Å²) in [5.41, 5.74) is 2.64. The summed E-state index contributed by atoms with van der Waals surface area (Å²) in [5.74, 6) is 1.08. The first-order valence-corrected chi connectivity index (χ1v) is 9.92. The Morgan fingerprint density at radius 1 is 1.32 bits per heavy atom. The van der Waals surface area contributed by atoms with Crippen LogP contribution in [0.25, 0.3) is 10.8 Å². The summed E-state index contributed by atoms with van der Waals surface area (Å²) >= 11 is 1.58. The molecule has 1 aromatic carbocycles. The van der Waals surface area contributed by atoms with Crippen LogP contribution in [0, 0.1) is 13.8 Å². The predicted octanol–water partition coefficient (Wildman–Crippen LogP) is 4.63. The fraction of sp³-hybridized carbons (Fsp3) is 0.333. The average molecular weight is 401 g/mol. The monoisotopic (exact) mass is 401 g/mol. The van der Waals surface area contributed by atoms with Crippen LogP contribution in [0.5, 0.6) is 5.75 Å². The van der Waals surface area contributed by atoms with Crippen molar-refractivity contribution < 1.29 is 23.8 Å². The van der Waals surface area contributed by atoms with Crippen molar-refractivity contribution in [2.75, 3.05) is 6.61 Å². The maximum absolute atomic E-state index is 11.3. The van der Waals surface area contributed by atoms with Gasteiger partial charge in [-0.15, -0.1) is 11.3 Å². The molecular weight excluding hydrogens is 378 g/mol. The summed E-state index contributed by atoms with van der Waals surface area (Å²) < 4.78 is 16.9. The number of carbonyl (C=O) groups is 1. The van der Waals surface area contributed by atoms with Gasteiger partial charge in [0.25, 0.3) is 0 Å². The van der Waals surface area contributed by atoms with E-state index in [1.54, 1.807) is 18.3 Å². The molecule has 3 rings (SSSR count). The number of aromatic nitrogens is 1. The molecule has 0 saturated heterocycles. The van der Waals surface area contributed by atoms with Gasteiger partial charge in [-0.25, -0.2) is 9.78 Å². The molecular formula is C21H23NO5S. The minimum absolute atomic E-state index is 0.302. The average Bonchev–Trinajstić information content (AvgIpc) is 3.31. The van der Waals surface area contributed by atoms with Gasteiger partial charge in [-0.05, 0) is 55.5 Å². The molecule has 1 atom stereocenters. The highest BCUT2D eigenvalue weighted by molar-refractivity contribution is 7.13. The van der Waals surface area contributed by atoms with Crippen LogP contribution in [-0.4, -0.2) is 28.8 Å². The van der Waals surface area contributed by atoms with Crippen molar-refractivity contribution in [3.8, 4) is 16.5 Å². The van der Waals surface area contributed by atoms with Crippen molar-refractivity contribution in [3.63, 3.8) is 0 Å². The van der Waals surface area contributed by atoms with Gasteiger partial charge in [-0.2, -0.15) is 0 Å². The highest BCUT2D eigenvalue weighted by Crippen LogP contribution is 2.27. The van der Waals surface area contributed by atoms with E-state index in [0.29, 0.717) is 31.3 Å². The Bertz CT molecular complexity index is 932. The zero-order valence-electron chi connectivity index (χ0n) is 16.1. The molecule has 0 aliphatic heterocycles. The van der Waals surface area contributed by atoms with E-state index >= 15 is 0 Å². The Labute approximate surface area is 167 Å². The van der Waals surface area contributed by atoms with E-state index in [0.717, 1.165) is 27.5 Å². The van der Waals surface area contributed by atoms with Gasteiger partial charge < -0.3 is 19.0 Å². The van der Waals surface area contributed by atoms with Crippen molar-refractivity contribution in [1.82, 2.24) is 4.98 Å². The quantitative estimate of drug-likeness (QED) is 0.563. The second kappa shape index (κ2) is 9.03. The number of hydrogen-bond acceptors (Lipinski definition) is 6. The van der Waals surface area contributed by atoms with Gasteiger partial charge in [0.2, 0.25) is 5.89 Å². The number of rotatable bonds is 9. The number of hydrogen-bond donors (Lipinski definition) is 1. The number of benzene rings is 1. The van der Waals surface area contributed by atoms with Crippen molar-refractivity contribution in [1.29, 1.82) is 0 Å². The zero-order valence-corrected chi connectivity index (χ0v) is 16.9. The predicted molar refractivity (Wildman–Crippen MR) is 107 cm³/mol. The van der Waals surface area contributed by atoms with Crippen molar-refractivity contribution >= 4 is 17.3 Å². The number of oxazole rings is 1. The van der Waals surface area contributed by atoms with Crippen molar-refractivity contribution in [2.24, 2.45) is 0 Å². The van der Waals surface area contributed by atoms with Gasteiger partial charge >= 0.3 is 5.97 Å². The highest BCUT2D eigenvalue weighted by atomic mass is 32.1. The largest absolute Gasteiger partial charge is 0.487 e. The van der Waals surface area contributed by atoms with E-state index in [4.69, 9.17) is 13.9 Å². The van der Waals surface area contributed by atoms with Gasteiger partial charge in [0.05, 0.1) is 4.88 Å². The summed E-state index contributed by atoms with van der Waals surface area (Å²) in [4.78, 5) is 16.8. The van der Waals surface area contributed by atoms with Crippen molar-refractivity contribution in [3.05, 3.63) is 58.3 Å². The third-order valence-corrected chi connectivity index (χ3v) is 5.22. The number of thiophene rings is 1. The maximum Gasteiger partial charge on any atom is 0.333 e. The number of ether oxygens (including phenoxy) is 2. The minimum Gasteiger partial charge on any atom is -0.487 e.